The van der Waals surface area contributed by atoms with Crippen molar-refractivity contribution in [2.24, 2.45) is 0 Å². The predicted octanol–water partition coefficient (Wildman–Crippen LogP) is 2.21. The zero-order chi connectivity index (χ0) is 17.5. The maximum atomic E-state index is 11.4. The van der Waals surface area contributed by atoms with Gasteiger partial charge in [-0.25, -0.2) is 9.78 Å². The molecule has 0 amide bonds. The summed E-state index contributed by atoms with van der Waals surface area (Å²) in [6.45, 7) is 2.15. The van der Waals surface area contributed by atoms with Crippen molar-refractivity contribution < 1.29 is 14.3 Å². The lowest BCUT2D eigenvalue weighted by molar-refractivity contribution is -0.148. The molecule has 0 aliphatic heterocycles. The van der Waals surface area contributed by atoms with Crippen molar-refractivity contribution in [3.05, 3.63) is 65.9 Å². The van der Waals surface area contributed by atoms with Crippen LogP contribution in [-0.4, -0.2) is 33.6 Å². The van der Waals surface area contributed by atoms with Crippen LogP contribution in [0.4, 0.5) is 0 Å². The predicted molar refractivity (Wildman–Crippen MR) is 91.7 cm³/mol. The van der Waals surface area contributed by atoms with E-state index in [0.717, 1.165) is 16.9 Å². The molecule has 0 saturated heterocycles. The molecule has 0 aliphatic rings. The molecule has 3 heterocycles. The van der Waals surface area contributed by atoms with Gasteiger partial charge in [0, 0.05) is 24.2 Å². The van der Waals surface area contributed by atoms with Crippen molar-refractivity contribution in [3.63, 3.8) is 0 Å². The fourth-order valence-electron chi connectivity index (χ4n) is 2.28. The van der Waals surface area contributed by atoms with Gasteiger partial charge in [0.1, 0.15) is 23.6 Å². The lowest BCUT2D eigenvalue weighted by Crippen LogP contribution is -2.12. The SMILES string of the molecule is CCOC(=O)COCc1nc2ccccn2c1C#Cc1cccnc1. The van der Waals surface area contributed by atoms with Gasteiger partial charge in [0.05, 0.1) is 13.2 Å². The minimum absolute atomic E-state index is 0.114. The van der Waals surface area contributed by atoms with Crippen molar-refractivity contribution in [2.45, 2.75) is 13.5 Å². The number of fused-ring (bicyclic) bond motifs is 1. The van der Waals surface area contributed by atoms with E-state index >= 15 is 0 Å². The Bertz CT molecular complexity index is 923. The third-order valence-corrected chi connectivity index (χ3v) is 3.35. The number of nitrogens with zero attached hydrogens (tertiary/aromatic N) is 3. The van der Waals surface area contributed by atoms with Gasteiger partial charge in [-0.2, -0.15) is 0 Å². The summed E-state index contributed by atoms with van der Waals surface area (Å²) < 4.78 is 12.2. The fraction of sp³-hybridized carbons (Fsp3) is 0.211. The second kappa shape index (κ2) is 8.08. The summed E-state index contributed by atoms with van der Waals surface area (Å²) in [7, 11) is 0. The van der Waals surface area contributed by atoms with E-state index in [9.17, 15) is 4.79 Å². The lowest BCUT2D eigenvalue weighted by atomic mass is 10.2. The van der Waals surface area contributed by atoms with Gasteiger partial charge in [-0.3, -0.25) is 9.38 Å². The third kappa shape index (κ3) is 4.22. The number of rotatable bonds is 5. The van der Waals surface area contributed by atoms with E-state index in [2.05, 4.69) is 21.8 Å². The van der Waals surface area contributed by atoms with Crippen molar-refractivity contribution >= 4 is 11.6 Å². The Kier molecular flexibility index (Phi) is 5.39. The largest absolute Gasteiger partial charge is 0.464 e. The first-order valence-corrected chi connectivity index (χ1v) is 7.89. The summed E-state index contributed by atoms with van der Waals surface area (Å²) in [5.41, 5.74) is 2.98. The highest BCUT2D eigenvalue weighted by molar-refractivity contribution is 5.70. The van der Waals surface area contributed by atoms with Gasteiger partial charge in [-0.1, -0.05) is 12.0 Å². The van der Waals surface area contributed by atoms with Crippen LogP contribution in [0.15, 0.2) is 48.9 Å². The van der Waals surface area contributed by atoms with Crippen LogP contribution in [0, 0.1) is 11.8 Å². The van der Waals surface area contributed by atoms with Crippen molar-refractivity contribution in [1.29, 1.82) is 0 Å². The molecule has 0 saturated carbocycles. The number of aromatic nitrogens is 3. The van der Waals surface area contributed by atoms with Crippen LogP contribution in [0.2, 0.25) is 0 Å². The summed E-state index contributed by atoms with van der Waals surface area (Å²) in [5, 5.41) is 0. The van der Waals surface area contributed by atoms with Crippen LogP contribution in [0.3, 0.4) is 0 Å². The van der Waals surface area contributed by atoms with E-state index in [-0.39, 0.29) is 13.2 Å². The highest BCUT2D eigenvalue weighted by Crippen LogP contribution is 2.13. The van der Waals surface area contributed by atoms with Gasteiger partial charge in [-0.15, -0.1) is 0 Å². The molecular formula is C19H17N3O3. The molecule has 0 N–H and O–H groups in total. The van der Waals surface area contributed by atoms with E-state index in [1.807, 2.05) is 40.9 Å². The summed E-state index contributed by atoms with van der Waals surface area (Å²) in [6, 6.07) is 9.43. The van der Waals surface area contributed by atoms with Crippen LogP contribution in [0.25, 0.3) is 5.65 Å². The van der Waals surface area contributed by atoms with E-state index < -0.39 is 5.97 Å². The molecule has 0 fully saturated rings. The quantitative estimate of drug-likeness (QED) is 0.528. The molecule has 0 radical (unpaired) electrons. The van der Waals surface area contributed by atoms with Crippen molar-refractivity contribution in [1.82, 2.24) is 14.4 Å². The number of ether oxygens (including phenoxy) is 2. The maximum absolute atomic E-state index is 11.4. The molecule has 25 heavy (non-hydrogen) atoms. The van der Waals surface area contributed by atoms with E-state index in [0.29, 0.717) is 12.3 Å². The Morgan fingerprint density at radius 2 is 2.16 bits per heavy atom. The van der Waals surface area contributed by atoms with Gasteiger partial charge in [-0.05, 0) is 37.1 Å². The molecule has 6 nitrogen and oxygen atoms in total. The Hall–Kier alpha value is -3.17. The summed E-state index contributed by atoms with van der Waals surface area (Å²) in [4.78, 5) is 20.0. The molecule has 0 bridgehead atoms. The van der Waals surface area contributed by atoms with Crippen LogP contribution < -0.4 is 0 Å². The Balaban J connectivity index is 1.85. The van der Waals surface area contributed by atoms with E-state index in [4.69, 9.17) is 9.47 Å². The topological polar surface area (TPSA) is 65.7 Å². The average molecular weight is 335 g/mol. The van der Waals surface area contributed by atoms with Crippen molar-refractivity contribution in [2.75, 3.05) is 13.2 Å². The number of carbonyl (C=O) groups is 1. The average Bonchev–Trinajstić information content (AvgIpc) is 2.98. The van der Waals surface area contributed by atoms with Crippen molar-refractivity contribution in [3.8, 4) is 11.8 Å². The molecule has 6 heteroatoms. The number of carbonyl (C=O) groups excluding carboxylic acids is 1. The lowest BCUT2D eigenvalue weighted by Gasteiger charge is -2.02. The maximum Gasteiger partial charge on any atom is 0.332 e. The number of pyridine rings is 2. The van der Waals surface area contributed by atoms with Gasteiger partial charge in [0.25, 0.3) is 0 Å². The zero-order valence-electron chi connectivity index (χ0n) is 13.8. The molecule has 3 rings (SSSR count). The summed E-state index contributed by atoms with van der Waals surface area (Å²) in [5.74, 6) is 5.81. The number of hydrogen-bond acceptors (Lipinski definition) is 5. The molecule has 3 aromatic rings. The van der Waals surface area contributed by atoms with Crippen LogP contribution in [-0.2, 0) is 20.9 Å². The molecule has 0 aromatic carbocycles. The van der Waals surface area contributed by atoms with E-state index in [1.165, 1.54) is 0 Å². The van der Waals surface area contributed by atoms with Gasteiger partial charge < -0.3 is 9.47 Å². The Morgan fingerprint density at radius 1 is 1.24 bits per heavy atom. The highest BCUT2D eigenvalue weighted by atomic mass is 16.6. The Morgan fingerprint density at radius 3 is 2.96 bits per heavy atom. The molecule has 3 aromatic heterocycles. The van der Waals surface area contributed by atoms with Gasteiger partial charge >= 0.3 is 5.97 Å². The molecule has 0 spiro atoms. The third-order valence-electron chi connectivity index (χ3n) is 3.35. The number of esters is 1. The summed E-state index contributed by atoms with van der Waals surface area (Å²) in [6.07, 6.45) is 5.30. The van der Waals surface area contributed by atoms with Crippen LogP contribution in [0.5, 0.6) is 0 Å². The summed E-state index contributed by atoms with van der Waals surface area (Å²) >= 11 is 0. The van der Waals surface area contributed by atoms with Gasteiger partial charge in [0.15, 0.2) is 0 Å². The Labute approximate surface area is 145 Å². The first-order chi connectivity index (χ1) is 12.3. The number of imidazole rings is 1. The standard InChI is InChI=1S/C19H17N3O3/c1-2-25-19(23)14-24-13-16-17(9-8-15-6-5-10-20-12-15)22-11-4-3-7-18(22)21-16/h3-7,10-12H,2,13-14H2,1H3. The second-order valence-electron chi connectivity index (χ2n) is 5.13. The minimum atomic E-state index is -0.394. The normalized spacial score (nSPS) is 10.3. The highest BCUT2D eigenvalue weighted by Gasteiger charge is 2.11. The first kappa shape index (κ1) is 16.7. The van der Waals surface area contributed by atoms with Gasteiger partial charge in [0.2, 0.25) is 0 Å². The molecular weight excluding hydrogens is 318 g/mol. The molecule has 126 valence electrons. The first-order valence-electron chi connectivity index (χ1n) is 7.89. The fourth-order valence-corrected chi connectivity index (χ4v) is 2.28. The monoisotopic (exact) mass is 335 g/mol. The second-order valence-corrected chi connectivity index (χ2v) is 5.13. The molecule has 0 aliphatic carbocycles. The molecule has 0 unspecified atom stereocenters. The van der Waals surface area contributed by atoms with E-state index in [1.54, 1.807) is 19.3 Å². The zero-order valence-corrected chi connectivity index (χ0v) is 13.8. The molecule has 0 atom stereocenters. The smallest absolute Gasteiger partial charge is 0.332 e. The van der Waals surface area contributed by atoms with Crippen LogP contribution in [0.1, 0.15) is 23.9 Å². The minimum Gasteiger partial charge on any atom is -0.464 e. The van der Waals surface area contributed by atoms with Crippen LogP contribution >= 0.6 is 0 Å². The number of hydrogen-bond donors (Lipinski definition) is 0.